The Hall–Kier alpha value is -1.43. The van der Waals surface area contributed by atoms with Crippen LogP contribution in [-0.2, 0) is 16.0 Å². The fourth-order valence-corrected chi connectivity index (χ4v) is 1.74. The van der Waals surface area contributed by atoms with E-state index in [0.29, 0.717) is 11.6 Å². The van der Waals surface area contributed by atoms with Crippen LogP contribution in [0.1, 0.15) is 51.2 Å². The third-order valence-corrected chi connectivity index (χ3v) is 3.24. The number of nitrogens with two attached hydrogens (primary N) is 1. The molecule has 0 saturated carbocycles. The van der Waals surface area contributed by atoms with Crippen molar-refractivity contribution < 1.29 is 9.53 Å². The quantitative estimate of drug-likeness (QED) is 0.827. The highest BCUT2D eigenvalue weighted by atomic mass is 16.5. The van der Waals surface area contributed by atoms with Crippen LogP contribution in [0.15, 0.2) is 0 Å². The second-order valence-electron chi connectivity index (χ2n) is 4.87. The molecule has 2 N–H and O–H groups in total. The van der Waals surface area contributed by atoms with Crippen LogP contribution in [0.25, 0.3) is 0 Å². The van der Waals surface area contributed by atoms with Crippen molar-refractivity contribution in [3.63, 3.8) is 0 Å². The van der Waals surface area contributed by atoms with Crippen LogP contribution >= 0.6 is 0 Å². The van der Waals surface area contributed by atoms with Gasteiger partial charge in [0.15, 0.2) is 0 Å². The first-order valence-corrected chi connectivity index (χ1v) is 6.13. The molecule has 1 heterocycles. The lowest BCUT2D eigenvalue weighted by molar-refractivity contribution is -0.117. The Labute approximate surface area is 107 Å². The Bertz CT molecular complexity index is 414. The molecule has 0 bridgehead atoms. The zero-order chi connectivity index (χ0) is 13.9. The summed E-state index contributed by atoms with van der Waals surface area (Å²) in [6.07, 6.45) is -0.0797. The number of amides is 1. The van der Waals surface area contributed by atoms with E-state index in [1.165, 1.54) is 0 Å². The standard InChI is InChI=1S/C12H22N4O2/c1-7(2)8(3)16-12(9(4)18-5)10(14-15-16)6-11(13)17/h7-9H,6H2,1-5H3,(H2,13,17). The molecule has 0 radical (unpaired) electrons. The molecule has 0 aliphatic carbocycles. The summed E-state index contributed by atoms with van der Waals surface area (Å²) in [5, 5.41) is 8.20. The maximum absolute atomic E-state index is 11.0. The molecule has 6 heteroatoms. The van der Waals surface area contributed by atoms with E-state index >= 15 is 0 Å². The lowest BCUT2D eigenvalue weighted by Gasteiger charge is -2.21. The van der Waals surface area contributed by atoms with Crippen LogP contribution in [0.3, 0.4) is 0 Å². The fourth-order valence-electron chi connectivity index (χ4n) is 1.74. The largest absolute Gasteiger partial charge is 0.375 e. The lowest BCUT2D eigenvalue weighted by Crippen LogP contribution is -2.20. The number of hydrogen-bond donors (Lipinski definition) is 1. The van der Waals surface area contributed by atoms with Gasteiger partial charge in [0.2, 0.25) is 5.91 Å². The summed E-state index contributed by atoms with van der Waals surface area (Å²) < 4.78 is 7.16. The Morgan fingerprint density at radius 2 is 2.00 bits per heavy atom. The summed E-state index contributed by atoms with van der Waals surface area (Å²) in [4.78, 5) is 11.0. The molecular weight excluding hydrogens is 232 g/mol. The molecule has 2 atom stereocenters. The Kier molecular flexibility index (Phi) is 4.84. The molecule has 102 valence electrons. The van der Waals surface area contributed by atoms with Gasteiger partial charge in [0.05, 0.1) is 30.0 Å². The van der Waals surface area contributed by atoms with E-state index in [4.69, 9.17) is 10.5 Å². The lowest BCUT2D eigenvalue weighted by atomic mass is 10.1. The molecule has 6 nitrogen and oxygen atoms in total. The van der Waals surface area contributed by atoms with E-state index in [1.807, 2.05) is 11.6 Å². The molecule has 1 aromatic rings. The molecule has 1 amide bonds. The van der Waals surface area contributed by atoms with Gasteiger partial charge in [-0.3, -0.25) is 4.79 Å². The monoisotopic (exact) mass is 254 g/mol. The number of rotatable bonds is 6. The molecule has 0 fully saturated rings. The number of hydrogen-bond acceptors (Lipinski definition) is 4. The molecule has 18 heavy (non-hydrogen) atoms. The van der Waals surface area contributed by atoms with Gasteiger partial charge in [-0.25, -0.2) is 4.68 Å². The van der Waals surface area contributed by atoms with E-state index in [0.717, 1.165) is 5.69 Å². The number of methoxy groups -OCH3 is 1. The van der Waals surface area contributed by atoms with Crippen molar-refractivity contribution in [2.24, 2.45) is 11.7 Å². The van der Waals surface area contributed by atoms with Crippen LogP contribution in [-0.4, -0.2) is 28.0 Å². The number of nitrogens with zero attached hydrogens (tertiary/aromatic N) is 3. The molecule has 0 aliphatic heterocycles. The summed E-state index contributed by atoms with van der Waals surface area (Å²) in [5.41, 5.74) is 6.66. The predicted octanol–water partition coefficient (Wildman–Crippen LogP) is 1.23. The number of ether oxygens (including phenoxy) is 1. The topological polar surface area (TPSA) is 83.0 Å². The third-order valence-electron chi connectivity index (χ3n) is 3.24. The van der Waals surface area contributed by atoms with Crippen LogP contribution < -0.4 is 5.73 Å². The molecule has 2 unspecified atom stereocenters. The van der Waals surface area contributed by atoms with E-state index in [2.05, 4.69) is 31.1 Å². The fraction of sp³-hybridized carbons (Fsp3) is 0.750. The molecule has 1 rings (SSSR count). The highest BCUT2D eigenvalue weighted by Gasteiger charge is 2.24. The molecule has 0 spiro atoms. The van der Waals surface area contributed by atoms with Crippen molar-refractivity contribution in [2.75, 3.05) is 7.11 Å². The van der Waals surface area contributed by atoms with Crippen LogP contribution in [0.4, 0.5) is 0 Å². The Morgan fingerprint density at radius 3 is 2.44 bits per heavy atom. The Morgan fingerprint density at radius 1 is 1.39 bits per heavy atom. The number of primary amides is 1. The Balaban J connectivity index is 3.18. The van der Waals surface area contributed by atoms with Crippen molar-refractivity contribution >= 4 is 5.91 Å². The van der Waals surface area contributed by atoms with E-state index in [-0.39, 0.29) is 18.6 Å². The molecular formula is C12H22N4O2. The zero-order valence-corrected chi connectivity index (χ0v) is 11.7. The van der Waals surface area contributed by atoms with Gasteiger partial charge in [0.25, 0.3) is 0 Å². The minimum absolute atomic E-state index is 0.0911. The number of carbonyl (C=O) groups is 1. The van der Waals surface area contributed by atoms with Gasteiger partial charge in [-0.15, -0.1) is 5.10 Å². The number of aromatic nitrogens is 3. The average Bonchev–Trinajstić information content (AvgIpc) is 2.69. The summed E-state index contributed by atoms with van der Waals surface area (Å²) >= 11 is 0. The van der Waals surface area contributed by atoms with E-state index < -0.39 is 5.91 Å². The highest BCUT2D eigenvalue weighted by Crippen LogP contribution is 2.25. The van der Waals surface area contributed by atoms with Gasteiger partial charge >= 0.3 is 0 Å². The van der Waals surface area contributed by atoms with Crippen molar-refractivity contribution in [2.45, 2.75) is 46.3 Å². The smallest absolute Gasteiger partial charge is 0.223 e. The molecule has 1 aromatic heterocycles. The van der Waals surface area contributed by atoms with Crippen molar-refractivity contribution in [1.29, 1.82) is 0 Å². The maximum Gasteiger partial charge on any atom is 0.223 e. The third kappa shape index (κ3) is 3.07. The summed E-state index contributed by atoms with van der Waals surface area (Å²) in [6, 6.07) is 0.187. The van der Waals surface area contributed by atoms with Gasteiger partial charge in [-0.05, 0) is 19.8 Å². The van der Waals surface area contributed by atoms with Crippen LogP contribution in [0.2, 0.25) is 0 Å². The predicted molar refractivity (Wildman–Crippen MR) is 67.9 cm³/mol. The van der Waals surface area contributed by atoms with Gasteiger partial charge in [0, 0.05) is 7.11 Å². The minimum atomic E-state index is -0.413. The SMILES string of the molecule is COC(C)c1c(CC(N)=O)nnn1C(C)C(C)C. The van der Waals surface area contributed by atoms with E-state index in [9.17, 15) is 4.79 Å². The van der Waals surface area contributed by atoms with Crippen molar-refractivity contribution in [1.82, 2.24) is 15.0 Å². The second-order valence-corrected chi connectivity index (χ2v) is 4.87. The zero-order valence-electron chi connectivity index (χ0n) is 11.7. The van der Waals surface area contributed by atoms with Crippen LogP contribution in [0, 0.1) is 5.92 Å². The first-order chi connectivity index (χ1) is 8.38. The highest BCUT2D eigenvalue weighted by molar-refractivity contribution is 5.76. The molecule has 0 aliphatic rings. The first kappa shape index (κ1) is 14.6. The first-order valence-electron chi connectivity index (χ1n) is 6.13. The summed E-state index contributed by atoms with van der Waals surface area (Å²) in [5.74, 6) is -0.000243. The normalized spacial score (nSPS) is 14.8. The minimum Gasteiger partial charge on any atom is -0.375 e. The molecule has 0 saturated heterocycles. The average molecular weight is 254 g/mol. The van der Waals surface area contributed by atoms with Crippen LogP contribution in [0.5, 0.6) is 0 Å². The summed E-state index contributed by atoms with van der Waals surface area (Å²) in [6.45, 7) is 8.20. The maximum atomic E-state index is 11.0. The van der Waals surface area contributed by atoms with Gasteiger partial charge < -0.3 is 10.5 Å². The summed E-state index contributed by atoms with van der Waals surface area (Å²) in [7, 11) is 1.62. The van der Waals surface area contributed by atoms with Gasteiger partial charge in [-0.2, -0.15) is 0 Å². The van der Waals surface area contributed by atoms with Crippen molar-refractivity contribution in [3.05, 3.63) is 11.4 Å². The van der Waals surface area contributed by atoms with Gasteiger partial charge in [-0.1, -0.05) is 19.1 Å². The number of carbonyl (C=O) groups excluding carboxylic acids is 1. The van der Waals surface area contributed by atoms with Gasteiger partial charge in [0.1, 0.15) is 0 Å². The van der Waals surface area contributed by atoms with Crippen molar-refractivity contribution in [3.8, 4) is 0 Å². The molecule has 0 aromatic carbocycles. The second kappa shape index (κ2) is 5.95. The van der Waals surface area contributed by atoms with E-state index in [1.54, 1.807) is 7.11 Å².